The second-order valence-electron chi connectivity index (χ2n) is 1.12. The SMILES string of the molecule is C=CC(N)=O.CC=NC=O. The monoisotopic (exact) mass is 142 g/mol. The van der Waals surface area contributed by atoms with Gasteiger partial charge >= 0.3 is 0 Å². The topological polar surface area (TPSA) is 72.5 Å². The molecule has 0 saturated heterocycles. The number of hydrogen-bond acceptors (Lipinski definition) is 2. The fourth-order valence-electron chi connectivity index (χ4n) is 0.0609. The molecule has 0 spiro atoms. The second-order valence-corrected chi connectivity index (χ2v) is 1.12. The summed E-state index contributed by atoms with van der Waals surface area (Å²) in [6, 6.07) is 0. The summed E-state index contributed by atoms with van der Waals surface area (Å²) in [5.41, 5.74) is 4.53. The standard InChI is InChI=1S/2C3H5NO/c1-2-4-3-5;1-2-3(4)5/h2-3H,1H3;2H,1H2,(H2,4,5). The van der Waals surface area contributed by atoms with Gasteiger partial charge in [-0.15, -0.1) is 0 Å². The number of hydrogen-bond donors (Lipinski definition) is 1. The van der Waals surface area contributed by atoms with Gasteiger partial charge in [-0.05, 0) is 13.0 Å². The van der Waals surface area contributed by atoms with E-state index in [1.807, 2.05) is 0 Å². The van der Waals surface area contributed by atoms with E-state index in [-0.39, 0.29) is 0 Å². The van der Waals surface area contributed by atoms with Crippen LogP contribution < -0.4 is 5.73 Å². The summed E-state index contributed by atoms with van der Waals surface area (Å²) in [4.78, 5) is 21.8. The van der Waals surface area contributed by atoms with Crippen LogP contribution in [0.4, 0.5) is 0 Å². The zero-order valence-electron chi connectivity index (χ0n) is 5.78. The molecular formula is C6H10N2O2. The number of primary amides is 1. The number of carbonyl (C=O) groups excluding carboxylic acids is 2. The Hall–Kier alpha value is -1.45. The normalized spacial score (nSPS) is 7.70. The van der Waals surface area contributed by atoms with E-state index in [2.05, 4.69) is 17.3 Å². The third-order valence-electron chi connectivity index (χ3n) is 0.411. The first-order chi connectivity index (χ1) is 4.68. The fourth-order valence-corrected chi connectivity index (χ4v) is 0.0609. The third kappa shape index (κ3) is 31.0. The first kappa shape index (κ1) is 11.4. The summed E-state index contributed by atoms with van der Waals surface area (Å²) in [5.74, 6) is -0.481. The molecule has 4 nitrogen and oxygen atoms in total. The molecule has 0 bridgehead atoms. The van der Waals surface area contributed by atoms with E-state index in [4.69, 9.17) is 0 Å². The lowest BCUT2D eigenvalue weighted by Crippen LogP contribution is -2.04. The van der Waals surface area contributed by atoms with Gasteiger partial charge in [0.2, 0.25) is 12.3 Å². The van der Waals surface area contributed by atoms with E-state index in [0.29, 0.717) is 6.41 Å². The molecule has 0 aromatic heterocycles. The van der Waals surface area contributed by atoms with Crippen molar-refractivity contribution in [1.82, 2.24) is 0 Å². The van der Waals surface area contributed by atoms with Crippen molar-refractivity contribution in [1.29, 1.82) is 0 Å². The summed E-state index contributed by atoms with van der Waals surface area (Å²) in [6.07, 6.45) is 2.99. The predicted molar refractivity (Wildman–Crippen MR) is 39.6 cm³/mol. The zero-order chi connectivity index (χ0) is 8.41. The number of nitrogens with two attached hydrogens (primary N) is 1. The summed E-state index contributed by atoms with van der Waals surface area (Å²) in [5, 5.41) is 0. The maximum Gasteiger partial charge on any atom is 0.240 e. The van der Waals surface area contributed by atoms with Crippen LogP contribution in [-0.2, 0) is 9.59 Å². The van der Waals surface area contributed by atoms with Gasteiger partial charge in [-0.2, -0.15) is 0 Å². The van der Waals surface area contributed by atoms with Crippen LogP contribution in [0.15, 0.2) is 17.6 Å². The van der Waals surface area contributed by atoms with Gasteiger partial charge < -0.3 is 5.73 Å². The Morgan fingerprint density at radius 3 is 2.10 bits per heavy atom. The van der Waals surface area contributed by atoms with E-state index < -0.39 is 5.91 Å². The van der Waals surface area contributed by atoms with Crippen molar-refractivity contribution in [3.05, 3.63) is 12.7 Å². The van der Waals surface area contributed by atoms with Crippen molar-refractivity contribution < 1.29 is 9.59 Å². The van der Waals surface area contributed by atoms with Gasteiger partial charge in [0.25, 0.3) is 0 Å². The molecular weight excluding hydrogens is 132 g/mol. The van der Waals surface area contributed by atoms with Gasteiger partial charge in [0.15, 0.2) is 0 Å². The average Bonchev–Trinajstić information content (AvgIpc) is 1.91. The maximum atomic E-state index is 9.47. The molecule has 0 aromatic rings. The van der Waals surface area contributed by atoms with Crippen LogP contribution in [0.1, 0.15) is 6.92 Å². The number of amides is 2. The summed E-state index contributed by atoms with van der Waals surface area (Å²) >= 11 is 0. The van der Waals surface area contributed by atoms with E-state index >= 15 is 0 Å². The third-order valence-corrected chi connectivity index (χ3v) is 0.411. The van der Waals surface area contributed by atoms with Crippen molar-refractivity contribution in [2.75, 3.05) is 0 Å². The van der Waals surface area contributed by atoms with Crippen molar-refractivity contribution in [3.8, 4) is 0 Å². The minimum atomic E-state index is -0.481. The number of aliphatic imine (C=N–C) groups is 1. The first-order valence-electron chi connectivity index (χ1n) is 2.52. The smallest absolute Gasteiger partial charge is 0.240 e. The molecule has 4 heteroatoms. The van der Waals surface area contributed by atoms with Crippen molar-refractivity contribution in [3.63, 3.8) is 0 Å². The summed E-state index contributed by atoms with van der Waals surface area (Å²) < 4.78 is 0. The Balaban J connectivity index is 0. The molecule has 0 fully saturated rings. The zero-order valence-corrected chi connectivity index (χ0v) is 5.78. The molecule has 0 heterocycles. The van der Waals surface area contributed by atoms with Crippen LogP contribution in [0.3, 0.4) is 0 Å². The number of carbonyl (C=O) groups is 2. The lowest BCUT2D eigenvalue weighted by atomic mass is 10.6. The van der Waals surface area contributed by atoms with Crippen LogP contribution in [-0.4, -0.2) is 18.5 Å². The lowest BCUT2D eigenvalue weighted by Gasteiger charge is -1.65. The molecule has 0 aliphatic carbocycles. The molecule has 10 heavy (non-hydrogen) atoms. The molecule has 0 unspecified atom stereocenters. The summed E-state index contributed by atoms with van der Waals surface area (Å²) in [6.45, 7) is 4.77. The van der Waals surface area contributed by atoms with E-state index in [9.17, 15) is 9.59 Å². The molecule has 0 aromatic carbocycles. The highest BCUT2D eigenvalue weighted by atomic mass is 16.1. The van der Waals surface area contributed by atoms with Crippen LogP contribution in [0.5, 0.6) is 0 Å². The highest BCUT2D eigenvalue weighted by Crippen LogP contribution is 1.48. The van der Waals surface area contributed by atoms with Gasteiger partial charge in [-0.25, -0.2) is 4.99 Å². The number of rotatable bonds is 2. The highest BCUT2D eigenvalue weighted by Gasteiger charge is 1.69. The van der Waals surface area contributed by atoms with Crippen LogP contribution in [0.2, 0.25) is 0 Å². The fraction of sp³-hybridized carbons (Fsp3) is 0.167. The van der Waals surface area contributed by atoms with Gasteiger partial charge in [-0.3, -0.25) is 9.59 Å². The summed E-state index contributed by atoms with van der Waals surface area (Å²) in [7, 11) is 0. The van der Waals surface area contributed by atoms with Gasteiger partial charge in [-0.1, -0.05) is 6.58 Å². The average molecular weight is 142 g/mol. The quantitative estimate of drug-likeness (QED) is 0.332. The Labute approximate surface area is 59.4 Å². The van der Waals surface area contributed by atoms with Gasteiger partial charge in [0, 0.05) is 6.21 Å². The maximum absolute atomic E-state index is 9.47. The first-order valence-corrected chi connectivity index (χ1v) is 2.52. The van der Waals surface area contributed by atoms with Crippen molar-refractivity contribution >= 4 is 18.5 Å². The molecule has 0 atom stereocenters. The Morgan fingerprint density at radius 1 is 1.70 bits per heavy atom. The van der Waals surface area contributed by atoms with Crippen molar-refractivity contribution in [2.45, 2.75) is 6.92 Å². The molecule has 0 rings (SSSR count). The van der Waals surface area contributed by atoms with E-state index in [0.717, 1.165) is 6.08 Å². The van der Waals surface area contributed by atoms with Crippen molar-refractivity contribution in [2.24, 2.45) is 10.7 Å². The van der Waals surface area contributed by atoms with Gasteiger partial charge in [0.1, 0.15) is 0 Å². The lowest BCUT2D eigenvalue weighted by molar-refractivity contribution is -0.113. The molecule has 56 valence electrons. The van der Waals surface area contributed by atoms with E-state index in [1.54, 1.807) is 6.92 Å². The Kier molecular flexibility index (Phi) is 11.9. The Morgan fingerprint density at radius 2 is 2.10 bits per heavy atom. The highest BCUT2D eigenvalue weighted by molar-refractivity contribution is 5.84. The molecule has 2 amide bonds. The predicted octanol–water partition coefficient (Wildman–Crippen LogP) is -0.109. The Bertz CT molecular complexity index is 141. The van der Waals surface area contributed by atoms with Crippen LogP contribution in [0.25, 0.3) is 0 Å². The molecule has 0 aliphatic heterocycles. The van der Waals surface area contributed by atoms with E-state index in [1.165, 1.54) is 6.21 Å². The minimum absolute atomic E-state index is 0.481. The van der Waals surface area contributed by atoms with Crippen LogP contribution in [0, 0.1) is 0 Å². The largest absolute Gasteiger partial charge is 0.366 e. The molecule has 0 aliphatic rings. The van der Waals surface area contributed by atoms with Crippen LogP contribution >= 0.6 is 0 Å². The number of nitrogens with zero attached hydrogens (tertiary/aromatic N) is 1. The minimum Gasteiger partial charge on any atom is -0.366 e. The molecule has 0 saturated carbocycles. The van der Waals surface area contributed by atoms with Gasteiger partial charge in [0.05, 0.1) is 0 Å². The molecule has 0 radical (unpaired) electrons. The molecule has 2 N–H and O–H groups in total. The second kappa shape index (κ2) is 10.5.